The molecule has 1 atom stereocenters. The van der Waals surface area contributed by atoms with Crippen LogP contribution in [0, 0.1) is 12.3 Å². The zero-order chi connectivity index (χ0) is 11.5. The Morgan fingerprint density at radius 3 is 2.80 bits per heavy atom. The van der Waals surface area contributed by atoms with Gasteiger partial charge in [0.1, 0.15) is 0 Å². The average molecular weight is 231 g/mol. The maximum absolute atomic E-state index is 11.3. The van der Waals surface area contributed by atoms with Gasteiger partial charge in [-0.1, -0.05) is 5.92 Å². The quantitative estimate of drug-likeness (QED) is 0.643. The van der Waals surface area contributed by atoms with Crippen molar-refractivity contribution in [3.05, 3.63) is 0 Å². The molecule has 0 bridgehead atoms. The lowest BCUT2D eigenvalue weighted by atomic mass is 10.2. The van der Waals surface area contributed by atoms with Crippen LogP contribution in [0.3, 0.4) is 0 Å². The molecule has 1 heterocycles. The third-order valence-corrected chi connectivity index (χ3v) is 4.05. The minimum absolute atomic E-state index is 0.0603. The molecule has 15 heavy (non-hydrogen) atoms. The highest BCUT2D eigenvalue weighted by Crippen LogP contribution is 2.14. The molecule has 1 rings (SSSR count). The van der Waals surface area contributed by atoms with Gasteiger partial charge in [0.05, 0.1) is 24.5 Å². The van der Waals surface area contributed by atoms with Crippen molar-refractivity contribution in [3.8, 4) is 12.3 Å². The Morgan fingerprint density at radius 2 is 2.27 bits per heavy atom. The predicted molar refractivity (Wildman–Crippen MR) is 55.1 cm³/mol. The molecule has 0 unspecified atom stereocenters. The van der Waals surface area contributed by atoms with Gasteiger partial charge in [-0.15, -0.1) is 6.42 Å². The summed E-state index contributed by atoms with van der Waals surface area (Å²) in [5.41, 5.74) is 0. The summed E-state index contributed by atoms with van der Waals surface area (Å²) in [5.74, 6) is 1.36. The molecule has 6 heteroatoms. The first-order valence-electron chi connectivity index (χ1n) is 4.54. The molecule has 0 amide bonds. The van der Waals surface area contributed by atoms with Gasteiger partial charge in [0, 0.05) is 12.6 Å². The van der Waals surface area contributed by atoms with E-state index in [2.05, 4.69) is 5.92 Å². The molecule has 84 valence electrons. The van der Waals surface area contributed by atoms with Crippen molar-refractivity contribution in [2.45, 2.75) is 12.5 Å². The summed E-state index contributed by atoms with van der Waals surface area (Å²) in [7, 11) is -3.10. The van der Waals surface area contributed by atoms with Gasteiger partial charge in [0.15, 0.2) is 9.84 Å². The van der Waals surface area contributed by atoms with E-state index in [-0.39, 0.29) is 17.9 Å². The number of terminal acetylenes is 1. The van der Waals surface area contributed by atoms with E-state index in [9.17, 15) is 13.2 Å². The summed E-state index contributed by atoms with van der Waals surface area (Å²) in [6.45, 7) is 0.623. The number of carboxylic acid groups (broad SMARTS) is 1. The monoisotopic (exact) mass is 231 g/mol. The van der Waals surface area contributed by atoms with E-state index in [1.807, 2.05) is 0 Å². The lowest BCUT2D eigenvalue weighted by molar-refractivity contribution is -0.138. The molecule has 0 aliphatic carbocycles. The Labute approximate surface area is 89.0 Å². The van der Waals surface area contributed by atoms with E-state index in [0.29, 0.717) is 13.1 Å². The second kappa shape index (κ2) is 4.64. The Bertz CT molecular complexity index is 381. The van der Waals surface area contributed by atoms with Crippen molar-refractivity contribution in [1.29, 1.82) is 0 Å². The normalized spacial score (nSPS) is 25.7. The standard InChI is InChI=1S/C9H13NO4S/c1-2-3-10-4-5-15(13,14)7-8(10)6-9(11)12/h1,8H,3-7H2,(H,11,12)/t8-/m0/s1. The largest absolute Gasteiger partial charge is 0.481 e. The van der Waals surface area contributed by atoms with Gasteiger partial charge in [-0.3, -0.25) is 9.69 Å². The Balaban J connectivity index is 2.74. The molecule has 1 aliphatic heterocycles. The first kappa shape index (κ1) is 12.0. The summed E-state index contributed by atoms with van der Waals surface area (Å²) in [4.78, 5) is 12.3. The van der Waals surface area contributed by atoms with Crippen molar-refractivity contribution < 1.29 is 18.3 Å². The summed E-state index contributed by atoms with van der Waals surface area (Å²) >= 11 is 0. The van der Waals surface area contributed by atoms with Crippen molar-refractivity contribution in [2.24, 2.45) is 0 Å². The molecule has 0 spiro atoms. The molecule has 5 nitrogen and oxygen atoms in total. The van der Waals surface area contributed by atoms with Crippen LogP contribution in [0.5, 0.6) is 0 Å². The molecule has 0 radical (unpaired) electrons. The van der Waals surface area contributed by atoms with Crippen LogP contribution in [-0.2, 0) is 14.6 Å². The Kier molecular flexibility index (Phi) is 3.72. The van der Waals surface area contributed by atoms with Gasteiger partial charge in [0.25, 0.3) is 0 Å². The van der Waals surface area contributed by atoms with Crippen molar-refractivity contribution >= 4 is 15.8 Å². The first-order chi connectivity index (χ1) is 6.94. The molecule has 0 saturated carbocycles. The highest BCUT2D eigenvalue weighted by Gasteiger charge is 2.31. The number of sulfone groups is 1. The van der Waals surface area contributed by atoms with Gasteiger partial charge in [0.2, 0.25) is 0 Å². The molecule has 1 saturated heterocycles. The van der Waals surface area contributed by atoms with Gasteiger partial charge >= 0.3 is 5.97 Å². The number of hydrogen-bond acceptors (Lipinski definition) is 4. The molecular weight excluding hydrogens is 218 g/mol. The van der Waals surface area contributed by atoms with Gasteiger partial charge in [-0.05, 0) is 0 Å². The number of carbonyl (C=O) groups is 1. The molecule has 0 aromatic heterocycles. The predicted octanol–water partition coefficient (Wildman–Crippen LogP) is -0.807. The van der Waals surface area contributed by atoms with Crippen LogP contribution in [-0.4, -0.2) is 55.0 Å². The molecule has 0 aromatic rings. The summed E-state index contributed by atoms with van der Waals surface area (Å²) < 4.78 is 22.6. The maximum atomic E-state index is 11.3. The van der Waals surface area contributed by atoms with Crippen LogP contribution >= 0.6 is 0 Å². The fourth-order valence-corrected chi connectivity index (χ4v) is 3.23. The van der Waals surface area contributed by atoms with Crippen LogP contribution in [0.15, 0.2) is 0 Å². The van der Waals surface area contributed by atoms with Crippen molar-refractivity contribution in [3.63, 3.8) is 0 Å². The average Bonchev–Trinajstić information content (AvgIpc) is 2.08. The SMILES string of the molecule is C#CCN1CCS(=O)(=O)C[C@@H]1CC(=O)O. The smallest absolute Gasteiger partial charge is 0.304 e. The maximum Gasteiger partial charge on any atom is 0.304 e. The summed E-state index contributed by atoms with van der Waals surface area (Å²) in [5, 5.41) is 8.65. The number of rotatable bonds is 3. The second-order valence-electron chi connectivity index (χ2n) is 3.54. The Morgan fingerprint density at radius 1 is 1.60 bits per heavy atom. The van der Waals surface area contributed by atoms with Crippen LogP contribution < -0.4 is 0 Å². The number of aliphatic carboxylic acids is 1. The van der Waals surface area contributed by atoms with E-state index >= 15 is 0 Å². The second-order valence-corrected chi connectivity index (χ2v) is 5.77. The lowest BCUT2D eigenvalue weighted by Gasteiger charge is -2.32. The first-order valence-corrected chi connectivity index (χ1v) is 6.36. The zero-order valence-electron chi connectivity index (χ0n) is 8.22. The van der Waals surface area contributed by atoms with Crippen LogP contribution in [0.25, 0.3) is 0 Å². The van der Waals surface area contributed by atoms with Crippen molar-refractivity contribution in [1.82, 2.24) is 4.90 Å². The highest BCUT2D eigenvalue weighted by atomic mass is 32.2. The number of hydrogen-bond donors (Lipinski definition) is 1. The van der Waals surface area contributed by atoms with Gasteiger partial charge < -0.3 is 5.11 Å². The minimum Gasteiger partial charge on any atom is -0.481 e. The third-order valence-electron chi connectivity index (χ3n) is 2.36. The molecule has 0 aromatic carbocycles. The van der Waals surface area contributed by atoms with E-state index in [0.717, 1.165) is 0 Å². The minimum atomic E-state index is -3.10. The molecular formula is C9H13NO4S. The van der Waals surface area contributed by atoms with E-state index < -0.39 is 21.8 Å². The molecule has 1 fully saturated rings. The summed E-state index contributed by atoms with van der Waals surface area (Å²) in [6, 6.07) is -0.489. The number of carboxylic acids is 1. The van der Waals surface area contributed by atoms with E-state index in [1.54, 1.807) is 4.90 Å². The molecule has 1 aliphatic rings. The van der Waals surface area contributed by atoms with E-state index in [4.69, 9.17) is 11.5 Å². The van der Waals surface area contributed by atoms with Crippen molar-refractivity contribution in [2.75, 3.05) is 24.6 Å². The zero-order valence-corrected chi connectivity index (χ0v) is 9.03. The number of nitrogens with zero attached hydrogens (tertiary/aromatic N) is 1. The molecule has 1 N–H and O–H groups in total. The lowest BCUT2D eigenvalue weighted by Crippen LogP contribution is -2.49. The van der Waals surface area contributed by atoms with Gasteiger partial charge in [-0.25, -0.2) is 8.42 Å². The Hall–Kier alpha value is -1.06. The topological polar surface area (TPSA) is 74.7 Å². The van der Waals surface area contributed by atoms with E-state index in [1.165, 1.54) is 0 Å². The fourth-order valence-electron chi connectivity index (χ4n) is 1.64. The third kappa shape index (κ3) is 3.53. The van der Waals surface area contributed by atoms with Gasteiger partial charge in [-0.2, -0.15) is 0 Å². The van der Waals surface area contributed by atoms with Crippen LogP contribution in [0.1, 0.15) is 6.42 Å². The van der Waals surface area contributed by atoms with Crippen LogP contribution in [0.4, 0.5) is 0 Å². The summed E-state index contributed by atoms with van der Waals surface area (Å²) in [6.07, 6.45) is 4.95. The highest BCUT2D eigenvalue weighted by molar-refractivity contribution is 7.91. The van der Waals surface area contributed by atoms with Crippen LogP contribution in [0.2, 0.25) is 0 Å². The fraction of sp³-hybridized carbons (Fsp3) is 0.667.